The SMILES string of the molecule is Cc1cn(C)c(C)[n+]1CC=O. The first-order valence-electron chi connectivity index (χ1n) is 3.63. The van der Waals surface area contributed by atoms with Gasteiger partial charge >= 0.3 is 0 Å². The number of rotatable bonds is 2. The summed E-state index contributed by atoms with van der Waals surface area (Å²) in [5.74, 6) is 1.11. The molecule has 1 aromatic rings. The van der Waals surface area contributed by atoms with Gasteiger partial charge in [-0.3, -0.25) is 4.79 Å². The standard InChI is InChI=1S/C8H13N2O/c1-7-6-9(3)8(2)10(7)4-5-11/h5-6H,4H2,1-3H3/q+1. The highest BCUT2D eigenvalue weighted by Crippen LogP contribution is 1.94. The summed E-state index contributed by atoms with van der Waals surface area (Å²) in [7, 11) is 1.98. The lowest BCUT2D eigenvalue weighted by atomic mass is 10.5. The third-order valence-electron chi connectivity index (χ3n) is 1.96. The van der Waals surface area contributed by atoms with Crippen LogP contribution in [0.25, 0.3) is 0 Å². The highest BCUT2D eigenvalue weighted by Gasteiger charge is 2.12. The van der Waals surface area contributed by atoms with Crippen molar-refractivity contribution in [1.29, 1.82) is 0 Å². The summed E-state index contributed by atoms with van der Waals surface area (Å²) in [6.45, 7) is 4.45. The number of hydrogen-bond acceptors (Lipinski definition) is 1. The Morgan fingerprint density at radius 3 is 2.64 bits per heavy atom. The lowest BCUT2D eigenvalue weighted by Crippen LogP contribution is -2.39. The van der Waals surface area contributed by atoms with Gasteiger partial charge in [-0.15, -0.1) is 0 Å². The van der Waals surface area contributed by atoms with Gasteiger partial charge in [-0.2, -0.15) is 0 Å². The van der Waals surface area contributed by atoms with Crippen LogP contribution >= 0.6 is 0 Å². The van der Waals surface area contributed by atoms with Gasteiger partial charge in [0.2, 0.25) is 0 Å². The fraction of sp³-hybridized carbons (Fsp3) is 0.500. The van der Waals surface area contributed by atoms with Crippen LogP contribution in [0.15, 0.2) is 6.20 Å². The Kier molecular flexibility index (Phi) is 2.08. The van der Waals surface area contributed by atoms with Crippen molar-refractivity contribution in [2.24, 2.45) is 7.05 Å². The van der Waals surface area contributed by atoms with Gasteiger partial charge in [0.25, 0.3) is 5.82 Å². The van der Waals surface area contributed by atoms with Crippen LogP contribution in [0.4, 0.5) is 0 Å². The largest absolute Gasteiger partial charge is 0.299 e. The van der Waals surface area contributed by atoms with E-state index in [0.717, 1.165) is 17.8 Å². The molecule has 1 heterocycles. The van der Waals surface area contributed by atoms with E-state index in [0.29, 0.717) is 6.54 Å². The molecule has 0 spiro atoms. The molecule has 0 N–H and O–H groups in total. The van der Waals surface area contributed by atoms with Gasteiger partial charge < -0.3 is 0 Å². The van der Waals surface area contributed by atoms with Gasteiger partial charge in [0.05, 0.1) is 7.05 Å². The Bertz CT molecular complexity index is 276. The van der Waals surface area contributed by atoms with E-state index in [-0.39, 0.29) is 0 Å². The number of aromatic nitrogens is 2. The molecule has 0 unspecified atom stereocenters. The van der Waals surface area contributed by atoms with E-state index in [2.05, 4.69) is 0 Å². The zero-order valence-electron chi connectivity index (χ0n) is 7.16. The maximum atomic E-state index is 10.3. The summed E-state index contributed by atoms with van der Waals surface area (Å²) in [5.41, 5.74) is 1.12. The number of hydrogen-bond donors (Lipinski definition) is 0. The summed E-state index contributed by atoms with van der Waals surface area (Å²) < 4.78 is 3.99. The molecule has 0 saturated heterocycles. The molecule has 3 heteroatoms. The van der Waals surface area contributed by atoms with E-state index in [1.807, 2.05) is 36.2 Å². The number of carbonyl (C=O) groups excluding carboxylic acids is 1. The summed E-state index contributed by atoms with van der Waals surface area (Å²) in [5, 5.41) is 0. The third kappa shape index (κ3) is 1.31. The van der Waals surface area contributed by atoms with Gasteiger partial charge in [0.15, 0.2) is 6.29 Å². The van der Waals surface area contributed by atoms with Gasteiger partial charge in [-0.25, -0.2) is 9.13 Å². The molecule has 1 aromatic heterocycles. The molecule has 0 atom stereocenters. The van der Waals surface area contributed by atoms with Crippen LogP contribution in [0.5, 0.6) is 0 Å². The monoisotopic (exact) mass is 153 g/mol. The first-order valence-corrected chi connectivity index (χ1v) is 3.63. The molecule has 0 aliphatic heterocycles. The van der Waals surface area contributed by atoms with Crippen LogP contribution in [0, 0.1) is 13.8 Å². The second-order valence-electron chi connectivity index (χ2n) is 2.71. The molecule has 0 radical (unpaired) electrons. The van der Waals surface area contributed by atoms with Crippen LogP contribution in [-0.2, 0) is 18.4 Å². The number of carbonyl (C=O) groups is 1. The Hall–Kier alpha value is -1.12. The van der Waals surface area contributed by atoms with Crippen LogP contribution in [0.1, 0.15) is 11.5 Å². The molecule has 0 amide bonds. The molecular weight excluding hydrogens is 140 g/mol. The Labute approximate surface area is 66.3 Å². The molecule has 11 heavy (non-hydrogen) atoms. The van der Waals surface area contributed by atoms with Gasteiger partial charge in [-0.05, 0) is 0 Å². The van der Waals surface area contributed by atoms with Crippen molar-refractivity contribution in [3.8, 4) is 0 Å². The molecule has 0 fully saturated rings. The maximum absolute atomic E-state index is 10.3. The van der Waals surface area contributed by atoms with E-state index in [1.54, 1.807) is 0 Å². The minimum Gasteiger partial charge on any atom is -0.299 e. The molecule has 0 aromatic carbocycles. The summed E-state index contributed by atoms with van der Waals surface area (Å²) in [6, 6.07) is 0. The van der Waals surface area contributed by atoms with E-state index >= 15 is 0 Å². The third-order valence-corrected chi connectivity index (χ3v) is 1.96. The molecule has 0 saturated carbocycles. The average molecular weight is 153 g/mol. The summed E-state index contributed by atoms with van der Waals surface area (Å²) in [4.78, 5) is 10.3. The second kappa shape index (κ2) is 2.86. The van der Waals surface area contributed by atoms with Crippen LogP contribution in [0.2, 0.25) is 0 Å². The number of aryl methyl sites for hydroxylation is 2. The molecule has 0 aliphatic carbocycles. The fourth-order valence-electron chi connectivity index (χ4n) is 1.24. The molecular formula is C8H13N2O+. The van der Waals surface area contributed by atoms with Crippen molar-refractivity contribution in [2.75, 3.05) is 0 Å². The minimum atomic E-state index is 0.457. The zero-order chi connectivity index (χ0) is 8.43. The smallest absolute Gasteiger partial charge is 0.253 e. The summed E-state index contributed by atoms with van der Waals surface area (Å²) in [6.07, 6.45) is 2.93. The quantitative estimate of drug-likeness (QED) is 0.438. The van der Waals surface area contributed by atoms with Crippen molar-refractivity contribution >= 4 is 6.29 Å². The second-order valence-corrected chi connectivity index (χ2v) is 2.71. The fourth-order valence-corrected chi connectivity index (χ4v) is 1.24. The Morgan fingerprint density at radius 1 is 1.64 bits per heavy atom. The van der Waals surface area contributed by atoms with E-state index < -0.39 is 0 Å². The molecule has 60 valence electrons. The Morgan fingerprint density at radius 2 is 2.27 bits per heavy atom. The van der Waals surface area contributed by atoms with Crippen LogP contribution in [-0.4, -0.2) is 10.9 Å². The highest BCUT2D eigenvalue weighted by atomic mass is 16.1. The molecule has 1 rings (SSSR count). The minimum absolute atomic E-state index is 0.457. The number of nitrogens with zero attached hydrogens (tertiary/aromatic N) is 2. The van der Waals surface area contributed by atoms with Crippen molar-refractivity contribution in [3.63, 3.8) is 0 Å². The average Bonchev–Trinajstić information content (AvgIpc) is 2.17. The maximum Gasteiger partial charge on any atom is 0.253 e. The highest BCUT2D eigenvalue weighted by molar-refractivity contribution is 5.46. The van der Waals surface area contributed by atoms with Gasteiger partial charge in [-0.1, -0.05) is 0 Å². The zero-order valence-corrected chi connectivity index (χ0v) is 7.16. The first kappa shape index (κ1) is 7.98. The van der Waals surface area contributed by atoms with Gasteiger partial charge in [0.1, 0.15) is 18.4 Å². The summed E-state index contributed by atoms with van der Waals surface area (Å²) >= 11 is 0. The van der Waals surface area contributed by atoms with Crippen LogP contribution < -0.4 is 4.57 Å². The van der Waals surface area contributed by atoms with E-state index in [4.69, 9.17) is 0 Å². The normalized spacial score (nSPS) is 10.1. The lowest BCUT2D eigenvalue weighted by molar-refractivity contribution is -0.694. The predicted molar refractivity (Wildman–Crippen MR) is 41.1 cm³/mol. The molecule has 0 bridgehead atoms. The van der Waals surface area contributed by atoms with E-state index in [1.165, 1.54) is 0 Å². The molecule has 0 aliphatic rings. The molecule has 3 nitrogen and oxygen atoms in total. The van der Waals surface area contributed by atoms with Crippen molar-refractivity contribution in [1.82, 2.24) is 4.57 Å². The van der Waals surface area contributed by atoms with Crippen LogP contribution in [0.3, 0.4) is 0 Å². The number of imidazole rings is 1. The first-order chi connectivity index (χ1) is 5.16. The number of aldehydes is 1. The topological polar surface area (TPSA) is 25.9 Å². The van der Waals surface area contributed by atoms with Crippen molar-refractivity contribution < 1.29 is 9.36 Å². The van der Waals surface area contributed by atoms with Crippen molar-refractivity contribution in [3.05, 3.63) is 17.7 Å². The Balaban J connectivity index is 3.11. The lowest BCUT2D eigenvalue weighted by Gasteiger charge is -1.92. The van der Waals surface area contributed by atoms with E-state index in [9.17, 15) is 4.79 Å². The predicted octanol–water partition coefficient (Wildman–Crippen LogP) is 0.128. The van der Waals surface area contributed by atoms with Gasteiger partial charge in [0, 0.05) is 13.8 Å². The van der Waals surface area contributed by atoms with Crippen molar-refractivity contribution in [2.45, 2.75) is 20.4 Å².